The summed E-state index contributed by atoms with van der Waals surface area (Å²) in [5.74, 6) is -3.69. The molecule has 0 saturated carbocycles. The first-order valence-electron chi connectivity index (χ1n) is 6.34. The highest BCUT2D eigenvalue weighted by molar-refractivity contribution is 6.31. The third kappa shape index (κ3) is 4.40. The van der Waals surface area contributed by atoms with Crippen molar-refractivity contribution in [3.8, 4) is 0 Å². The van der Waals surface area contributed by atoms with Crippen molar-refractivity contribution in [3.63, 3.8) is 0 Å². The van der Waals surface area contributed by atoms with E-state index in [9.17, 15) is 18.4 Å². The number of nitrogens with two attached hydrogens (primary N) is 1. The largest absolute Gasteiger partial charge is 0.452 e. The smallest absolute Gasteiger partial charge is 0.340 e. The van der Waals surface area contributed by atoms with Crippen molar-refractivity contribution in [3.05, 3.63) is 58.6 Å². The van der Waals surface area contributed by atoms with Gasteiger partial charge in [0.25, 0.3) is 5.91 Å². The van der Waals surface area contributed by atoms with Crippen LogP contribution in [0.15, 0.2) is 36.4 Å². The summed E-state index contributed by atoms with van der Waals surface area (Å²) in [7, 11) is 0. The molecule has 120 valence electrons. The molecule has 3 N–H and O–H groups in total. The normalized spacial score (nSPS) is 10.2. The van der Waals surface area contributed by atoms with Gasteiger partial charge in [-0.15, -0.1) is 0 Å². The van der Waals surface area contributed by atoms with Gasteiger partial charge < -0.3 is 15.8 Å². The fourth-order valence-electron chi connectivity index (χ4n) is 1.69. The lowest BCUT2D eigenvalue weighted by Gasteiger charge is -2.08. The SMILES string of the molecule is Nc1ccc(Cl)cc1C(=O)OCC(=O)Nc1ccc(F)c(F)c1. The van der Waals surface area contributed by atoms with Crippen LogP contribution in [-0.4, -0.2) is 18.5 Å². The van der Waals surface area contributed by atoms with Crippen LogP contribution < -0.4 is 11.1 Å². The highest BCUT2D eigenvalue weighted by atomic mass is 35.5. The third-order valence-corrected chi connectivity index (χ3v) is 3.01. The summed E-state index contributed by atoms with van der Waals surface area (Å²) in [6, 6.07) is 7.09. The van der Waals surface area contributed by atoms with Crippen LogP contribution in [0.1, 0.15) is 10.4 Å². The molecule has 0 spiro atoms. The highest BCUT2D eigenvalue weighted by Crippen LogP contribution is 2.19. The first-order chi connectivity index (χ1) is 10.9. The topological polar surface area (TPSA) is 81.4 Å². The maximum absolute atomic E-state index is 13.0. The molecule has 0 radical (unpaired) electrons. The third-order valence-electron chi connectivity index (χ3n) is 2.77. The van der Waals surface area contributed by atoms with Gasteiger partial charge in [0, 0.05) is 22.5 Å². The Balaban J connectivity index is 1.94. The minimum atomic E-state index is -1.11. The van der Waals surface area contributed by atoms with Crippen LogP contribution >= 0.6 is 11.6 Å². The van der Waals surface area contributed by atoms with Crippen molar-refractivity contribution in [1.29, 1.82) is 0 Å². The van der Waals surface area contributed by atoms with Crippen LogP contribution in [0.4, 0.5) is 20.2 Å². The average Bonchev–Trinajstić information content (AvgIpc) is 2.51. The number of carbonyl (C=O) groups is 2. The number of ether oxygens (including phenoxy) is 1. The molecular formula is C15H11ClF2N2O3. The van der Waals surface area contributed by atoms with E-state index in [0.29, 0.717) is 0 Å². The van der Waals surface area contributed by atoms with Crippen LogP contribution in [0, 0.1) is 11.6 Å². The van der Waals surface area contributed by atoms with Gasteiger partial charge >= 0.3 is 5.97 Å². The number of benzene rings is 2. The summed E-state index contributed by atoms with van der Waals surface area (Å²) >= 11 is 5.75. The van der Waals surface area contributed by atoms with Gasteiger partial charge in [-0.2, -0.15) is 0 Å². The minimum Gasteiger partial charge on any atom is -0.452 e. The van der Waals surface area contributed by atoms with Crippen molar-refractivity contribution in [2.45, 2.75) is 0 Å². The second-order valence-corrected chi connectivity index (χ2v) is 4.92. The van der Waals surface area contributed by atoms with E-state index in [4.69, 9.17) is 22.1 Å². The van der Waals surface area contributed by atoms with Gasteiger partial charge in [-0.25, -0.2) is 13.6 Å². The number of esters is 1. The van der Waals surface area contributed by atoms with Gasteiger partial charge in [-0.05, 0) is 30.3 Å². The van der Waals surface area contributed by atoms with E-state index in [-0.39, 0.29) is 22.0 Å². The Morgan fingerprint density at radius 2 is 1.87 bits per heavy atom. The number of nitrogens with one attached hydrogen (secondary N) is 1. The Morgan fingerprint density at radius 3 is 2.57 bits per heavy atom. The first-order valence-corrected chi connectivity index (χ1v) is 6.71. The molecule has 8 heteroatoms. The van der Waals surface area contributed by atoms with Crippen LogP contribution in [-0.2, 0) is 9.53 Å². The van der Waals surface area contributed by atoms with Crippen molar-refractivity contribution < 1.29 is 23.1 Å². The van der Waals surface area contributed by atoms with E-state index >= 15 is 0 Å². The van der Waals surface area contributed by atoms with E-state index in [2.05, 4.69) is 5.32 Å². The number of hydrogen-bond acceptors (Lipinski definition) is 4. The molecule has 0 heterocycles. The molecule has 0 aromatic heterocycles. The lowest BCUT2D eigenvalue weighted by molar-refractivity contribution is -0.119. The zero-order valence-corrected chi connectivity index (χ0v) is 12.4. The Hall–Kier alpha value is -2.67. The van der Waals surface area contributed by atoms with E-state index in [0.717, 1.165) is 12.1 Å². The molecule has 2 rings (SSSR count). The number of rotatable bonds is 4. The molecule has 0 atom stereocenters. The molecule has 0 saturated heterocycles. The van der Waals surface area contributed by atoms with Crippen LogP contribution in [0.5, 0.6) is 0 Å². The quantitative estimate of drug-likeness (QED) is 0.662. The molecule has 0 unspecified atom stereocenters. The Kier molecular flexibility index (Phi) is 5.13. The van der Waals surface area contributed by atoms with Crippen molar-refractivity contribution in [2.24, 2.45) is 0 Å². The van der Waals surface area contributed by atoms with Crippen molar-refractivity contribution in [1.82, 2.24) is 0 Å². The molecule has 2 aromatic rings. The van der Waals surface area contributed by atoms with Crippen molar-refractivity contribution in [2.75, 3.05) is 17.7 Å². The number of halogens is 3. The Morgan fingerprint density at radius 1 is 1.13 bits per heavy atom. The summed E-state index contributed by atoms with van der Waals surface area (Å²) in [6.45, 7) is -0.621. The molecule has 0 bridgehead atoms. The van der Waals surface area contributed by atoms with Gasteiger partial charge in [-0.1, -0.05) is 11.6 Å². The molecule has 0 fully saturated rings. The van der Waals surface area contributed by atoms with Crippen LogP contribution in [0.3, 0.4) is 0 Å². The minimum absolute atomic E-state index is 0.0260. The van der Waals surface area contributed by atoms with E-state index in [1.54, 1.807) is 0 Å². The standard InChI is InChI=1S/C15H11ClF2N2O3/c16-8-1-4-13(19)10(5-8)15(22)23-7-14(21)20-9-2-3-11(17)12(18)6-9/h1-6H,7,19H2,(H,20,21). The average molecular weight is 341 g/mol. The van der Waals surface area contributed by atoms with Gasteiger partial charge in [0.15, 0.2) is 18.2 Å². The Bertz CT molecular complexity index is 768. The summed E-state index contributed by atoms with van der Waals surface area (Å²) in [5.41, 5.74) is 5.83. The number of anilines is 2. The molecule has 2 aromatic carbocycles. The molecule has 0 aliphatic rings. The lowest BCUT2D eigenvalue weighted by atomic mass is 10.2. The lowest BCUT2D eigenvalue weighted by Crippen LogP contribution is -2.21. The number of hydrogen-bond donors (Lipinski definition) is 2. The summed E-state index contributed by atoms with van der Waals surface area (Å²) in [6.07, 6.45) is 0. The monoisotopic (exact) mass is 340 g/mol. The number of nitrogen functional groups attached to an aromatic ring is 1. The second kappa shape index (κ2) is 7.06. The highest BCUT2D eigenvalue weighted by Gasteiger charge is 2.14. The zero-order chi connectivity index (χ0) is 17.0. The predicted molar refractivity (Wildman–Crippen MR) is 81.1 cm³/mol. The Labute approximate surface area is 135 Å². The van der Waals surface area contributed by atoms with E-state index < -0.39 is 30.1 Å². The zero-order valence-electron chi connectivity index (χ0n) is 11.6. The van der Waals surface area contributed by atoms with E-state index in [1.165, 1.54) is 24.3 Å². The molecule has 0 aliphatic heterocycles. The number of carbonyl (C=O) groups excluding carboxylic acids is 2. The fraction of sp³-hybridized carbons (Fsp3) is 0.0667. The molecule has 23 heavy (non-hydrogen) atoms. The van der Waals surface area contributed by atoms with Crippen molar-refractivity contribution >= 4 is 34.9 Å². The van der Waals surface area contributed by atoms with Crippen LogP contribution in [0.2, 0.25) is 5.02 Å². The summed E-state index contributed by atoms with van der Waals surface area (Å²) < 4.78 is 30.6. The van der Waals surface area contributed by atoms with Crippen LogP contribution in [0.25, 0.3) is 0 Å². The number of amides is 1. The molecular weight excluding hydrogens is 330 g/mol. The van der Waals surface area contributed by atoms with Gasteiger partial charge in [-0.3, -0.25) is 4.79 Å². The van der Waals surface area contributed by atoms with Gasteiger partial charge in [0.2, 0.25) is 0 Å². The molecule has 5 nitrogen and oxygen atoms in total. The molecule has 0 aliphatic carbocycles. The predicted octanol–water partition coefficient (Wildman–Crippen LogP) is 3.00. The van der Waals surface area contributed by atoms with Gasteiger partial charge in [0.05, 0.1) is 5.56 Å². The molecule has 1 amide bonds. The van der Waals surface area contributed by atoms with Gasteiger partial charge in [0.1, 0.15) is 0 Å². The fourth-order valence-corrected chi connectivity index (χ4v) is 1.86. The first kappa shape index (κ1) is 16.7. The van der Waals surface area contributed by atoms with E-state index in [1.807, 2.05) is 0 Å². The summed E-state index contributed by atoms with van der Waals surface area (Å²) in [4.78, 5) is 23.5. The maximum Gasteiger partial charge on any atom is 0.340 e. The summed E-state index contributed by atoms with van der Waals surface area (Å²) in [5, 5.41) is 2.55. The second-order valence-electron chi connectivity index (χ2n) is 4.48. The maximum atomic E-state index is 13.0.